The molecule has 0 aliphatic carbocycles. The van der Waals surface area contributed by atoms with Crippen LogP contribution in [0.5, 0.6) is 0 Å². The van der Waals surface area contributed by atoms with Crippen molar-refractivity contribution in [3.63, 3.8) is 0 Å². The minimum Gasteiger partial charge on any atom is -0.376 e. The van der Waals surface area contributed by atoms with E-state index in [1.165, 1.54) is 0 Å². The van der Waals surface area contributed by atoms with Gasteiger partial charge in [0.05, 0.1) is 12.7 Å². The topological polar surface area (TPSA) is 21.3 Å². The summed E-state index contributed by atoms with van der Waals surface area (Å²) in [6, 6.07) is 0. The highest BCUT2D eigenvalue weighted by atomic mass is 19.1. The fourth-order valence-electron chi connectivity index (χ4n) is 0.773. The molecule has 1 unspecified atom stereocenters. The lowest BCUT2D eigenvalue weighted by molar-refractivity contribution is 0.0369. The molecule has 0 heterocycles. The molecule has 80 valence electrons. The van der Waals surface area contributed by atoms with Gasteiger partial charge in [0.2, 0.25) is 0 Å². The van der Waals surface area contributed by atoms with Crippen LogP contribution in [-0.4, -0.2) is 31.0 Å². The summed E-state index contributed by atoms with van der Waals surface area (Å²) >= 11 is 0. The number of halogens is 1. The predicted molar refractivity (Wildman–Crippen MR) is 53.7 cm³/mol. The van der Waals surface area contributed by atoms with Crippen molar-refractivity contribution < 1.29 is 9.13 Å². The van der Waals surface area contributed by atoms with E-state index in [0.717, 1.165) is 0 Å². The van der Waals surface area contributed by atoms with Crippen LogP contribution in [0.25, 0.3) is 0 Å². The van der Waals surface area contributed by atoms with Crippen LogP contribution in [0.15, 0.2) is 0 Å². The van der Waals surface area contributed by atoms with Gasteiger partial charge in [-0.2, -0.15) is 0 Å². The molecule has 1 atom stereocenters. The zero-order chi connectivity index (χ0) is 10.5. The van der Waals surface area contributed by atoms with Gasteiger partial charge < -0.3 is 10.1 Å². The Hall–Kier alpha value is -0.150. The number of ether oxygens (including phenoxy) is 1. The van der Waals surface area contributed by atoms with Crippen molar-refractivity contribution in [3.8, 4) is 0 Å². The molecule has 13 heavy (non-hydrogen) atoms. The standard InChI is InChI=1S/C10H22FNO/c1-8(2)13-7-9(11)6-12-10(3,4)5/h8-9,12H,6-7H2,1-5H3. The Morgan fingerprint density at radius 1 is 1.31 bits per heavy atom. The predicted octanol–water partition coefficient (Wildman–Crippen LogP) is 2.14. The van der Waals surface area contributed by atoms with Crippen molar-refractivity contribution in [2.75, 3.05) is 13.2 Å². The molecular formula is C10H22FNO. The largest absolute Gasteiger partial charge is 0.376 e. The average Bonchev–Trinajstić information content (AvgIpc) is 1.95. The third-order valence-corrected chi connectivity index (χ3v) is 1.46. The molecular weight excluding hydrogens is 169 g/mol. The lowest BCUT2D eigenvalue weighted by atomic mass is 10.1. The van der Waals surface area contributed by atoms with Gasteiger partial charge >= 0.3 is 0 Å². The molecule has 0 bridgehead atoms. The van der Waals surface area contributed by atoms with Crippen molar-refractivity contribution in [1.29, 1.82) is 0 Å². The van der Waals surface area contributed by atoms with Gasteiger partial charge in [0.15, 0.2) is 0 Å². The monoisotopic (exact) mass is 191 g/mol. The molecule has 0 aromatic heterocycles. The van der Waals surface area contributed by atoms with Crippen molar-refractivity contribution in [1.82, 2.24) is 5.32 Å². The molecule has 0 spiro atoms. The zero-order valence-corrected chi connectivity index (χ0v) is 9.36. The first-order chi connectivity index (χ1) is 5.81. The van der Waals surface area contributed by atoms with Crippen LogP contribution >= 0.6 is 0 Å². The molecule has 1 N–H and O–H groups in total. The summed E-state index contributed by atoms with van der Waals surface area (Å²) in [5, 5.41) is 3.09. The first kappa shape index (κ1) is 12.8. The highest BCUT2D eigenvalue weighted by molar-refractivity contribution is 4.72. The maximum absolute atomic E-state index is 13.1. The Labute approximate surface area is 80.9 Å². The summed E-state index contributed by atoms with van der Waals surface area (Å²) in [4.78, 5) is 0. The van der Waals surface area contributed by atoms with Crippen molar-refractivity contribution in [2.24, 2.45) is 0 Å². The minimum atomic E-state index is -0.915. The Kier molecular flexibility index (Phi) is 5.49. The Morgan fingerprint density at radius 2 is 1.85 bits per heavy atom. The van der Waals surface area contributed by atoms with E-state index in [2.05, 4.69) is 5.32 Å². The summed E-state index contributed by atoms with van der Waals surface area (Å²) in [5.41, 5.74) is -0.0256. The quantitative estimate of drug-likeness (QED) is 0.719. The molecule has 2 nitrogen and oxygen atoms in total. The van der Waals surface area contributed by atoms with Crippen LogP contribution in [0, 0.1) is 0 Å². The summed E-state index contributed by atoms with van der Waals surface area (Å²) in [6.45, 7) is 10.4. The SMILES string of the molecule is CC(C)OCC(F)CNC(C)(C)C. The Balaban J connectivity index is 3.46. The smallest absolute Gasteiger partial charge is 0.136 e. The van der Waals surface area contributed by atoms with Crippen LogP contribution in [0.2, 0.25) is 0 Å². The molecule has 0 aromatic carbocycles. The number of hydrogen-bond acceptors (Lipinski definition) is 2. The lowest BCUT2D eigenvalue weighted by Gasteiger charge is -2.22. The van der Waals surface area contributed by atoms with Gasteiger partial charge in [-0.3, -0.25) is 0 Å². The molecule has 0 aliphatic heterocycles. The van der Waals surface area contributed by atoms with Crippen molar-refractivity contribution in [3.05, 3.63) is 0 Å². The zero-order valence-electron chi connectivity index (χ0n) is 9.36. The summed E-state index contributed by atoms with van der Waals surface area (Å²) in [7, 11) is 0. The highest BCUT2D eigenvalue weighted by Crippen LogP contribution is 2.01. The highest BCUT2D eigenvalue weighted by Gasteiger charge is 2.13. The van der Waals surface area contributed by atoms with E-state index in [1.807, 2.05) is 34.6 Å². The first-order valence-electron chi connectivity index (χ1n) is 4.82. The van der Waals surface area contributed by atoms with Gasteiger partial charge in [-0.15, -0.1) is 0 Å². The van der Waals surface area contributed by atoms with E-state index in [9.17, 15) is 4.39 Å². The van der Waals surface area contributed by atoms with E-state index in [0.29, 0.717) is 6.54 Å². The Morgan fingerprint density at radius 3 is 2.23 bits per heavy atom. The van der Waals surface area contributed by atoms with Crippen LogP contribution in [0.3, 0.4) is 0 Å². The van der Waals surface area contributed by atoms with Crippen LogP contribution in [-0.2, 0) is 4.74 Å². The number of rotatable bonds is 5. The third kappa shape index (κ3) is 9.77. The fourth-order valence-corrected chi connectivity index (χ4v) is 0.773. The summed E-state index contributed by atoms with van der Waals surface area (Å²) in [6.07, 6.45) is -0.811. The Bertz CT molecular complexity index is 131. The van der Waals surface area contributed by atoms with Gasteiger partial charge in [0, 0.05) is 12.1 Å². The van der Waals surface area contributed by atoms with Crippen LogP contribution < -0.4 is 5.32 Å². The van der Waals surface area contributed by atoms with Crippen molar-refractivity contribution >= 4 is 0 Å². The van der Waals surface area contributed by atoms with Gasteiger partial charge in [-0.25, -0.2) is 4.39 Å². The third-order valence-electron chi connectivity index (χ3n) is 1.46. The number of nitrogens with one attached hydrogen (secondary N) is 1. The van der Waals surface area contributed by atoms with E-state index in [-0.39, 0.29) is 18.2 Å². The lowest BCUT2D eigenvalue weighted by Crippen LogP contribution is -2.41. The number of hydrogen-bond donors (Lipinski definition) is 1. The second kappa shape index (κ2) is 5.55. The number of alkyl halides is 1. The maximum atomic E-state index is 13.1. The fraction of sp³-hybridized carbons (Fsp3) is 1.00. The second-order valence-electron chi connectivity index (χ2n) is 4.61. The van der Waals surface area contributed by atoms with Gasteiger partial charge in [-0.1, -0.05) is 0 Å². The summed E-state index contributed by atoms with van der Waals surface area (Å²) < 4.78 is 18.3. The van der Waals surface area contributed by atoms with Crippen LogP contribution in [0.4, 0.5) is 4.39 Å². The second-order valence-corrected chi connectivity index (χ2v) is 4.61. The molecule has 0 aromatic rings. The van der Waals surface area contributed by atoms with Gasteiger partial charge in [0.25, 0.3) is 0 Å². The molecule has 0 rings (SSSR count). The van der Waals surface area contributed by atoms with E-state index >= 15 is 0 Å². The molecule has 0 radical (unpaired) electrons. The molecule has 0 saturated heterocycles. The summed E-state index contributed by atoms with van der Waals surface area (Å²) in [5.74, 6) is 0. The molecule has 0 saturated carbocycles. The minimum absolute atomic E-state index is 0.0256. The van der Waals surface area contributed by atoms with E-state index in [1.54, 1.807) is 0 Å². The molecule has 0 fully saturated rings. The van der Waals surface area contributed by atoms with Gasteiger partial charge in [0.1, 0.15) is 6.17 Å². The van der Waals surface area contributed by atoms with Crippen molar-refractivity contribution in [2.45, 2.75) is 52.4 Å². The average molecular weight is 191 g/mol. The molecule has 0 amide bonds. The van der Waals surface area contributed by atoms with Crippen LogP contribution in [0.1, 0.15) is 34.6 Å². The van der Waals surface area contributed by atoms with Gasteiger partial charge in [-0.05, 0) is 34.6 Å². The van der Waals surface area contributed by atoms with E-state index in [4.69, 9.17) is 4.74 Å². The van der Waals surface area contributed by atoms with E-state index < -0.39 is 6.17 Å². The molecule has 0 aliphatic rings. The normalized spacial score (nSPS) is 15.0. The first-order valence-corrected chi connectivity index (χ1v) is 4.82. The molecule has 3 heteroatoms. The maximum Gasteiger partial charge on any atom is 0.136 e.